The Balaban J connectivity index is 1.72. The number of aliphatic hydroxyl groups excluding tert-OH is 1. The third-order valence-corrected chi connectivity index (χ3v) is 8.83. The number of hydrogen-bond donors (Lipinski definition) is 1. The zero-order chi connectivity index (χ0) is 24.2. The zero-order valence-electron chi connectivity index (χ0n) is 19.6. The molecule has 3 fully saturated rings. The number of esters is 1. The summed E-state index contributed by atoms with van der Waals surface area (Å²) in [5, 5.41) is 11.5. The molecule has 0 heterocycles. The number of ether oxygens (including phenoxy) is 3. The van der Waals surface area contributed by atoms with Gasteiger partial charge in [0.15, 0.2) is 11.8 Å². The van der Waals surface area contributed by atoms with Gasteiger partial charge in [0, 0.05) is 16.7 Å². The van der Waals surface area contributed by atoms with Crippen molar-refractivity contribution < 1.29 is 33.7 Å². The van der Waals surface area contributed by atoms with Gasteiger partial charge < -0.3 is 19.3 Å². The summed E-state index contributed by atoms with van der Waals surface area (Å²) in [7, 11) is 0. The van der Waals surface area contributed by atoms with Gasteiger partial charge in [-0.15, -0.1) is 0 Å². The van der Waals surface area contributed by atoms with Crippen LogP contribution >= 0.6 is 11.6 Å². The number of carbonyl (C=O) groups is 3. The second kappa shape index (κ2) is 8.42. The van der Waals surface area contributed by atoms with E-state index in [9.17, 15) is 19.5 Å². The van der Waals surface area contributed by atoms with Gasteiger partial charge in [0.25, 0.3) is 0 Å². The molecule has 0 bridgehead atoms. The second-order valence-corrected chi connectivity index (χ2v) is 10.9. The van der Waals surface area contributed by atoms with Crippen LogP contribution in [0.2, 0.25) is 0 Å². The van der Waals surface area contributed by atoms with E-state index >= 15 is 0 Å². The van der Waals surface area contributed by atoms with Crippen LogP contribution in [0.15, 0.2) is 23.8 Å². The molecule has 4 aliphatic rings. The molecule has 0 aromatic carbocycles. The minimum atomic E-state index is -1.58. The Kier molecular flexibility index (Phi) is 6.19. The maximum Gasteiger partial charge on any atom is 0.509 e. The van der Waals surface area contributed by atoms with Crippen LogP contribution in [0.25, 0.3) is 0 Å². The van der Waals surface area contributed by atoms with Gasteiger partial charge >= 0.3 is 12.1 Å². The van der Waals surface area contributed by atoms with Crippen LogP contribution in [-0.2, 0) is 23.8 Å². The summed E-state index contributed by atoms with van der Waals surface area (Å²) in [6.07, 6.45) is 5.88. The number of rotatable bonds is 4. The third kappa shape index (κ3) is 3.63. The highest BCUT2D eigenvalue weighted by molar-refractivity contribution is 6.17. The number of carbonyl (C=O) groups excluding carboxylic acids is 3. The van der Waals surface area contributed by atoms with E-state index < -0.39 is 40.8 Å². The Labute approximate surface area is 199 Å². The lowest BCUT2D eigenvalue weighted by Crippen LogP contribution is -2.62. The van der Waals surface area contributed by atoms with Crippen molar-refractivity contribution in [1.29, 1.82) is 0 Å². The lowest BCUT2D eigenvalue weighted by Gasteiger charge is -2.59. The minimum Gasteiger partial charge on any atom is -0.446 e. The van der Waals surface area contributed by atoms with Gasteiger partial charge in [-0.1, -0.05) is 37.1 Å². The summed E-state index contributed by atoms with van der Waals surface area (Å²) >= 11 is 5.72. The van der Waals surface area contributed by atoms with E-state index in [1.54, 1.807) is 26.0 Å². The Bertz CT molecular complexity index is 910. The molecule has 33 heavy (non-hydrogen) atoms. The van der Waals surface area contributed by atoms with Crippen molar-refractivity contribution in [1.82, 2.24) is 0 Å². The van der Waals surface area contributed by atoms with Crippen LogP contribution in [-0.4, -0.2) is 46.9 Å². The van der Waals surface area contributed by atoms with Crippen molar-refractivity contribution in [2.24, 2.45) is 28.6 Å². The van der Waals surface area contributed by atoms with E-state index in [1.807, 2.05) is 13.0 Å². The monoisotopic (exact) mass is 480 g/mol. The van der Waals surface area contributed by atoms with Gasteiger partial charge in [0.2, 0.25) is 5.60 Å². The molecule has 0 radical (unpaired) electrons. The molecule has 4 aliphatic carbocycles. The fraction of sp³-hybridized carbons (Fsp3) is 0.720. The predicted molar refractivity (Wildman–Crippen MR) is 120 cm³/mol. The summed E-state index contributed by atoms with van der Waals surface area (Å²) < 4.78 is 16.2. The van der Waals surface area contributed by atoms with Gasteiger partial charge in [-0.3, -0.25) is 4.79 Å². The van der Waals surface area contributed by atoms with E-state index in [0.29, 0.717) is 6.42 Å². The van der Waals surface area contributed by atoms with Crippen LogP contribution in [0.3, 0.4) is 0 Å². The summed E-state index contributed by atoms with van der Waals surface area (Å²) in [6.45, 7) is 7.41. The lowest BCUT2D eigenvalue weighted by molar-refractivity contribution is -0.200. The molecule has 0 saturated heterocycles. The molecule has 7 nitrogen and oxygen atoms in total. The maximum atomic E-state index is 13.3. The molecule has 8 heteroatoms. The molecule has 7 atom stereocenters. The van der Waals surface area contributed by atoms with E-state index in [0.717, 1.165) is 18.4 Å². The number of aliphatic hydroxyl groups is 1. The maximum absolute atomic E-state index is 13.3. The molecular weight excluding hydrogens is 448 g/mol. The minimum absolute atomic E-state index is 0.0168. The number of allylic oxidation sites excluding steroid dienone is 4. The summed E-state index contributed by atoms with van der Waals surface area (Å²) in [4.78, 5) is 37.8. The van der Waals surface area contributed by atoms with Gasteiger partial charge in [-0.25, -0.2) is 9.59 Å². The highest BCUT2D eigenvalue weighted by Crippen LogP contribution is 2.68. The average molecular weight is 481 g/mol. The van der Waals surface area contributed by atoms with Gasteiger partial charge in [-0.05, 0) is 69.9 Å². The van der Waals surface area contributed by atoms with E-state index in [2.05, 4.69) is 6.92 Å². The third-order valence-electron chi connectivity index (χ3n) is 8.72. The SMILES string of the molecule is CC(C)OC(=O)OC1(C(=O)OCCl)CC[C@H]2[C@@H]3CCC4=CC(=O)C=C[C@]4(C)[C@@H]3C(O)C[C@@]21C. The van der Waals surface area contributed by atoms with Gasteiger partial charge in [-0.2, -0.15) is 0 Å². The van der Waals surface area contributed by atoms with Crippen molar-refractivity contribution in [3.8, 4) is 0 Å². The molecule has 182 valence electrons. The summed E-state index contributed by atoms with van der Waals surface area (Å²) in [5.74, 6) is -0.696. The molecule has 0 aromatic rings. The van der Waals surface area contributed by atoms with Crippen molar-refractivity contribution in [3.63, 3.8) is 0 Å². The van der Waals surface area contributed by atoms with E-state index in [4.69, 9.17) is 25.8 Å². The highest BCUT2D eigenvalue weighted by Gasteiger charge is 2.71. The molecule has 0 aromatic heterocycles. The number of alkyl halides is 1. The first-order valence-electron chi connectivity index (χ1n) is 11.7. The molecular formula is C25H33ClO7. The Morgan fingerprint density at radius 3 is 2.67 bits per heavy atom. The smallest absolute Gasteiger partial charge is 0.446 e. The quantitative estimate of drug-likeness (QED) is 0.473. The molecule has 4 rings (SSSR count). The number of fused-ring (bicyclic) bond motifs is 5. The Morgan fingerprint density at radius 1 is 1.27 bits per heavy atom. The van der Waals surface area contributed by atoms with Gasteiger partial charge in [0.1, 0.15) is 0 Å². The summed E-state index contributed by atoms with van der Waals surface area (Å²) in [6, 6.07) is -0.358. The molecule has 3 saturated carbocycles. The van der Waals surface area contributed by atoms with Crippen LogP contribution in [0.4, 0.5) is 4.79 Å². The molecule has 1 N–H and O–H groups in total. The van der Waals surface area contributed by atoms with Crippen molar-refractivity contribution in [3.05, 3.63) is 23.8 Å². The number of hydrogen-bond acceptors (Lipinski definition) is 7. The normalized spacial score (nSPS) is 41.5. The van der Waals surface area contributed by atoms with E-state index in [1.165, 1.54) is 0 Å². The van der Waals surface area contributed by atoms with Crippen molar-refractivity contribution >= 4 is 29.5 Å². The van der Waals surface area contributed by atoms with Crippen LogP contribution in [0.1, 0.15) is 59.8 Å². The predicted octanol–water partition coefficient (Wildman–Crippen LogP) is 4.31. The molecule has 2 unspecified atom stereocenters. The standard InChI is InChI=1S/C25H33ClO7/c1-14(2)32-22(30)33-25(21(29)31-13-26)10-8-18-17-6-5-15-11-16(27)7-9-23(15,3)20(17)19(28)12-24(18,25)4/h7,9,11,14,17-20,28H,5-6,8,10,12-13H2,1-4H3/t17-,18-,19?,20-,23-,24-,25?/m0/s1. The molecule has 0 spiro atoms. The number of halogens is 1. The fourth-order valence-corrected chi connectivity index (χ4v) is 7.48. The van der Waals surface area contributed by atoms with Crippen molar-refractivity contribution in [2.45, 2.75) is 77.6 Å². The first-order valence-corrected chi connectivity index (χ1v) is 12.3. The number of ketones is 1. The lowest BCUT2D eigenvalue weighted by atomic mass is 9.46. The Morgan fingerprint density at radius 2 is 2.00 bits per heavy atom. The zero-order valence-corrected chi connectivity index (χ0v) is 20.4. The largest absolute Gasteiger partial charge is 0.509 e. The highest BCUT2D eigenvalue weighted by atomic mass is 35.5. The molecule has 0 aliphatic heterocycles. The first-order chi connectivity index (χ1) is 15.5. The fourth-order valence-electron chi connectivity index (χ4n) is 7.38. The van der Waals surface area contributed by atoms with Gasteiger partial charge in [0.05, 0.1) is 12.2 Å². The Hall–Kier alpha value is -1.86. The topological polar surface area (TPSA) is 99.1 Å². The first kappa shape index (κ1) is 24.3. The van der Waals surface area contributed by atoms with Crippen LogP contribution in [0, 0.1) is 28.6 Å². The van der Waals surface area contributed by atoms with Crippen LogP contribution in [0.5, 0.6) is 0 Å². The van der Waals surface area contributed by atoms with Crippen molar-refractivity contribution in [2.75, 3.05) is 6.07 Å². The van der Waals surface area contributed by atoms with E-state index in [-0.39, 0.29) is 42.4 Å². The summed E-state index contributed by atoms with van der Waals surface area (Å²) in [5.41, 5.74) is -1.79. The second-order valence-electron chi connectivity index (χ2n) is 10.6. The van der Waals surface area contributed by atoms with Crippen LogP contribution < -0.4 is 0 Å². The molecule has 0 amide bonds. The average Bonchev–Trinajstić information content (AvgIpc) is 3.00.